The molecular weight excluding hydrogens is 289 g/mol. The molecular formula is C16H12FNO4. The minimum Gasteiger partial charge on any atom is -0.481 e. The number of amides is 2. The van der Waals surface area contributed by atoms with Gasteiger partial charge in [-0.3, -0.25) is 19.3 Å². The molecule has 6 heteroatoms. The Morgan fingerprint density at radius 2 is 2.09 bits per heavy atom. The van der Waals surface area contributed by atoms with Crippen molar-refractivity contribution in [3.8, 4) is 0 Å². The summed E-state index contributed by atoms with van der Waals surface area (Å²) in [4.78, 5) is 36.4. The Hall–Kier alpha value is -2.76. The number of carbonyl (C=O) groups is 3. The molecule has 1 aromatic carbocycles. The first-order chi connectivity index (χ1) is 10.5. The predicted octanol–water partition coefficient (Wildman–Crippen LogP) is 2.01. The molecule has 1 atom stereocenters. The summed E-state index contributed by atoms with van der Waals surface area (Å²) in [5.74, 6) is -3.62. The highest BCUT2D eigenvalue weighted by molar-refractivity contribution is 6.21. The molecule has 1 aliphatic heterocycles. The number of rotatable bonds is 3. The van der Waals surface area contributed by atoms with Crippen molar-refractivity contribution < 1.29 is 23.9 Å². The third-order valence-corrected chi connectivity index (χ3v) is 3.74. The highest BCUT2D eigenvalue weighted by atomic mass is 19.1. The minimum atomic E-state index is -0.963. The van der Waals surface area contributed by atoms with E-state index in [1.807, 2.05) is 0 Å². The van der Waals surface area contributed by atoms with E-state index >= 15 is 0 Å². The van der Waals surface area contributed by atoms with Crippen LogP contribution in [-0.2, 0) is 4.79 Å². The van der Waals surface area contributed by atoms with Crippen LogP contribution in [0.5, 0.6) is 0 Å². The van der Waals surface area contributed by atoms with Crippen LogP contribution in [0.2, 0.25) is 0 Å². The Bertz CT molecular complexity index is 751. The van der Waals surface area contributed by atoms with Crippen molar-refractivity contribution in [3.63, 3.8) is 0 Å². The number of hydrogen-bond acceptors (Lipinski definition) is 3. The first-order valence-electron chi connectivity index (χ1n) is 6.74. The largest absolute Gasteiger partial charge is 0.481 e. The van der Waals surface area contributed by atoms with E-state index in [1.54, 1.807) is 12.2 Å². The number of hydrogen-bond donors (Lipinski definition) is 1. The standard InChI is InChI=1S/C16H12FNO4/c17-12-6-2-5-11-13(12)15(20)18(14(11)19)8-9-3-1-4-10(7-9)16(21)22/h1-3,5-7,10H,4,8H2,(H,21,22). The number of fused-ring (bicyclic) bond motifs is 1. The molecule has 22 heavy (non-hydrogen) atoms. The van der Waals surface area contributed by atoms with E-state index in [4.69, 9.17) is 5.11 Å². The zero-order valence-corrected chi connectivity index (χ0v) is 11.5. The molecule has 1 aliphatic carbocycles. The van der Waals surface area contributed by atoms with Crippen LogP contribution in [0, 0.1) is 11.7 Å². The fourth-order valence-corrected chi connectivity index (χ4v) is 2.64. The molecule has 112 valence electrons. The van der Waals surface area contributed by atoms with Crippen molar-refractivity contribution in [2.24, 2.45) is 5.92 Å². The molecule has 5 nitrogen and oxygen atoms in total. The number of benzene rings is 1. The van der Waals surface area contributed by atoms with Crippen LogP contribution < -0.4 is 0 Å². The number of carbonyl (C=O) groups excluding carboxylic acids is 2. The van der Waals surface area contributed by atoms with Crippen LogP contribution in [0.25, 0.3) is 0 Å². The summed E-state index contributed by atoms with van der Waals surface area (Å²) < 4.78 is 13.7. The quantitative estimate of drug-likeness (QED) is 0.867. The molecule has 0 spiro atoms. The average Bonchev–Trinajstić information content (AvgIpc) is 2.74. The fourth-order valence-electron chi connectivity index (χ4n) is 2.64. The molecule has 0 aromatic heterocycles. The van der Waals surface area contributed by atoms with Crippen LogP contribution in [-0.4, -0.2) is 34.3 Å². The van der Waals surface area contributed by atoms with E-state index in [-0.39, 0.29) is 17.7 Å². The van der Waals surface area contributed by atoms with Crippen molar-refractivity contribution in [2.75, 3.05) is 6.54 Å². The maximum absolute atomic E-state index is 13.7. The molecule has 1 N–H and O–H groups in total. The van der Waals surface area contributed by atoms with Gasteiger partial charge in [0.2, 0.25) is 0 Å². The van der Waals surface area contributed by atoms with Gasteiger partial charge in [-0.2, -0.15) is 0 Å². The van der Waals surface area contributed by atoms with Crippen LogP contribution in [0.4, 0.5) is 4.39 Å². The fraction of sp³-hybridized carbons (Fsp3) is 0.188. The summed E-state index contributed by atoms with van der Waals surface area (Å²) in [6, 6.07) is 3.92. The molecule has 1 heterocycles. The van der Waals surface area contributed by atoms with E-state index in [0.29, 0.717) is 12.0 Å². The number of halogens is 1. The molecule has 1 unspecified atom stereocenters. The number of nitrogens with zero attached hydrogens (tertiary/aromatic N) is 1. The summed E-state index contributed by atoms with van der Waals surface area (Å²) in [5.41, 5.74) is 0.372. The van der Waals surface area contributed by atoms with Gasteiger partial charge in [0.1, 0.15) is 5.82 Å². The second kappa shape index (κ2) is 5.22. The molecule has 0 fully saturated rings. The van der Waals surface area contributed by atoms with Gasteiger partial charge in [-0.25, -0.2) is 4.39 Å². The van der Waals surface area contributed by atoms with Crippen molar-refractivity contribution in [1.82, 2.24) is 4.90 Å². The van der Waals surface area contributed by atoms with Gasteiger partial charge in [0, 0.05) is 0 Å². The van der Waals surface area contributed by atoms with Crippen molar-refractivity contribution in [2.45, 2.75) is 6.42 Å². The second-order valence-corrected chi connectivity index (χ2v) is 5.18. The Labute approximate surface area is 125 Å². The van der Waals surface area contributed by atoms with Gasteiger partial charge in [0.05, 0.1) is 23.6 Å². The molecule has 3 rings (SSSR count). The maximum atomic E-state index is 13.7. The third kappa shape index (κ3) is 2.22. The second-order valence-electron chi connectivity index (χ2n) is 5.18. The van der Waals surface area contributed by atoms with Crippen molar-refractivity contribution >= 4 is 17.8 Å². The van der Waals surface area contributed by atoms with Crippen LogP contribution in [0.3, 0.4) is 0 Å². The average molecular weight is 301 g/mol. The van der Waals surface area contributed by atoms with E-state index in [2.05, 4.69) is 0 Å². The third-order valence-electron chi connectivity index (χ3n) is 3.74. The predicted molar refractivity (Wildman–Crippen MR) is 74.7 cm³/mol. The lowest BCUT2D eigenvalue weighted by molar-refractivity contribution is -0.140. The normalized spacial score (nSPS) is 20.1. The molecule has 0 bridgehead atoms. The highest BCUT2D eigenvalue weighted by Gasteiger charge is 2.38. The number of aliphatic carboxylic acids is 1. The molecule has 0 saturated carbocycles. The van der Waals surface area contributed by atoms with Gasteiger partial charge in [-0.05, 0) is 24.1 Å². The Morgan fingerprint density at radius 1 is 1.32 bits per heavy atom. The first kappa shape index (κ1) is 14.2. The van der Waals surface area contributed by atoms with Crippen molar-refractivity contribution in [3.05, 3.63) is 58.9 Å². The topological polar surface area (TPSA) is 74.7 Å². The Kier molecular flexibility index (Phi) is 3.36. The lowest BCUT2D eigenvalue weighted by Gasteiger charge is -2.18. The summed E-state index contributed by atoms with van der Waals surface area (Å²) >= 11 is 0. The molecule has 2 amide bonds. The minimum absolute atomic E-state index is 0.0418. The number of carboxylic acid groups (broad SMARTS) is 1. The van der Waals surface area contributed by atoms with Crippen LogP contribution in [0.15, 0.2) is 42.0 Å². The molecule has 0 saturated heterocycles. The van der Waals surface area contributed by atoms with Gasteiger partial charge in [-0.1, -0.05) is 24.3 Å². The maximum Gasteiger partial charge on any atom is 0.310 e. The highest BCUT2D eigenvalue weighted by Crippen LogP contribution is 2.27. The van der Waals surface area contributed by atoms with Crippen LogP contribution in [0.1, 0.15) is 27.1 Å². The molecule has 2 aliphatic rings. The lowest BCUT2D eigenvalue weighted by atomic mass is 9.96. The number of allylic oxidation sites excluding steroid dienone is 1. The zero-order chi connectivity index (χ0) is 15.9. The zero-order valence-electron chi connectivity index (χ0n) is 11.5. The molecule has 0 radical (unpaired) electrons. The van der Waals surface area contributed by atoms with E-state index in [9.17, 15) is 18.8 Å². The monoisotopic (exact) mass is 301 g/mol. The first-order valence-corrected chi connectivity index (χ1v) is 6.74. The Balaban J connectivity index is 1.88. The van der Waals surface area contributed by atoms with E-state index in [1.165, 1.54) is 18.2 Å². The van der Waals surface area contributed by atoms with Gasteiger partial charge in [-0.15, -0.1) is 0 Å². The van der Waals surface area contributed by atoms with Gasteiger partial charge < -0.3 is 5.11 Å². The van der Waals surface area contributed by atoms with Crippen molar-refractivity contribution in [1.29, 1.82) is 0 Å². The summed E-state index contributed by atoms with van der Waals surface area (Å²) in [7, 11) is 0. The smallest absolute Gasteiger partial charge is 0.310 e. The molecule has 1 aromatic rings. The van der Waals surface area contributed by atoms with Gasteiger partial charge in [0.15, 0.2) is 0 Å². The van der Waals surface area contributed by atoms with E-state index in [0.717, 1.165) is 11.0 Å². The van der Waals surface area contributed by atoms with Gasteiger partial charge in [0.25, 0.3) is 11.8 Å². The lowest BCUT2D eigenvalue weighted by Crippen LogP contribution is -2.32. The number of carboxylic acids is 1. The Morgan fingerprint density at radius 3 is 2.77 bits per heavy atom. The number of imide groups is 1. The SMILES string of the molecule is O=C(O)C1C=C(CN2C(=O)c3cccc(F)c3C2=O)C=CC1. The summed E-state index contributed by atoms with van der Waals surface area (Å²) in [5, 5.41) is 9.02. The summed E-state index contributed by atoms with van der Waals surface area (Å²) in [6.45, 7) is -0.0634. The van der Waals surface area contributed by atoms with E-state index < -0.39 is 29.5 Å². The van der Waals surface area contributed by atoms with Gasteiger partial charge >= 0.3 is 5.97 Å². The van der Waals surface area contributed by atoms with Crippen LogP contribution >= 0.6 is 0 Å². The summed E-state index contributed by atoms with van der Waals surface area (Å²) in [6.07, 6.45) is 5.25.